The number of nitrogens with zero attached hydrogens (tertiary/aromatic N) is 3. The third-order valence-electron chi connectivity index (χ3n) is 4.92. The Labute approximate surface area is 182 Å². The summed E-state index contributed by atoms with van der Waals surface area (Å²) in [7, 11) is 1.97. The first kappa shape index (κ1) is 20.5. The summed E-state index contributed by atoms with van der Waals surface area (Å²) in [6.07, 6.45) is 2.84. The maximum Gasteiger partial charge on any atom is 0.227 e. The van der Waals surface area contributed by atoms with Gasteiger partial charge in [-0.25, -0.2) is 4.98 Å². The van der Waals surface area contributed by atoms with Crippen LogP contribution in [-0.2, 0) is 6.42 Å². The lowest BCUT2D eigenvalue weighted by Crippen LogP contribution is -2.26. The van der Waals surface area contributed by atoms with E-state index in [1.54, 1.807) is 6.20 Å². The molecule has 1 aliphatic rings. The number of likely N-dealkylation sites (N-methyl/N-ethyl adjacent to an activating group) is 1. The molecule has 2 heterocycles. The number of thioether (sulfide) groups is 1. The Bertz CT molecular complexity index is 916. The molecule has 1 aromatic heterocycles. The standard InChI is InChI=1S/C23H27N5OS/c1-28(23-24-12-11-22(27-23)26-19-5-3-2-4-6-19)13-14-29-21-9-7-18(8-10-21)15-20-16-30-17-25-20/h2-12,20,25H,13-17H2,1H3,(H,24,26,27). The number of aromatic nitrogens is 2. The van der Waals surface area contributed by atoms with Crippen LogP contribution in [0.4, 0.5) is 17.5 Å². The van der Waals surface area contributed by atoms with Gasteiger partial charge in [0.1, 0.15) is 18.2 Å². The van der Waals surface area contributed by atoms with Gasteiger partial charge < -0.3 is 20.3 Å². The van der Waals surface area contributed by atoms with Crippen LogP contribution in [0.5, 0.6) is 5.75 Å². The third kappa shape index (κ3) is 5.87. The minimum Gasteiger partial charge on any atom is -0.492 e. The predicted octanol–water partition coefficient (Wildman–Crippen LogP) is 3.94. The number of ether oxygens (including phenoxy) is 1. The van der Waals surface area contributed by atoms with Crippen molar-refractivity contribution in [3.63, 3.8) is 0 Å². The van der Waals surface area contributed by atoms with Gasteiger partial charge in [0.15, 0.2) is 0 Å². The molecular weight excluding hydrogens is 394 g/mol. The number of para-hydroxylation sites is 1. The van der Waals surface area contributed by atoms with Crippen LogP contribution < -0.4 is 20.3 Å². The number of hydrogen-bond donors (Lipinski definition) is 2. The average molecular weight is 422 g/mol. The molecule has 0 bridgehead atoms. The van der Waals surface area contributed by atoms with Crippen LogP contribution in [0.25, 0.3) is 0 Å². The Morgan fingerprint density at radius 2 is 1.97 bits per heavy atom. The van der Waals surface area contributed by atoms with Crippen molar-refractivity contribution in [1.29, 1.82) is 0 Å². The molecule has 2 N–H and O–H groups in total. The number of hydrogen-bond acceptors (Lipinski definition) is 7. The summed E-state index contributed by atoms with van der Waals surface area (Å²) in [4.78, 5) is 11.0. The first-order chi connectivity index (χ1) is 14.8. The van der Waals surface area contributed by atoms with Crippen LogP contribution in [0.2, 0.25) is 0 Å². The zero-order chi connectivity index (χ0) is 20.6. The highest BCUT2D eigenvalue weighted by atomic mass is 32.2. The minimum absolute atomic E-state index is 0.566. The Hall–Kier alpha value is -2.77. The second kappa shape index (κ2) is 10.3. The highest BCUT2D eigenvalue weighted by molar-refractivity contribution is 7.99. The molecule has 1 atom stereocenters. The van der Waals surface area contributed by atoms with Gasteiger partial charge in [0.25, 0.3) is 0 Å². The maximum atomic E-state index is 5.92. The summed E-state index contributed by atoms with van der Waals surface area (Å²) in [6, 6.07) is 20.9. The molecule has 0 saturated carbocycles. The van der Waals surface area contributed by atoms with Crippen LogP contribution in [0, 0.1) is 0 Å². The Kier molecular flexibility index (Phi) is 7.05. The number of benzene rings is 2. The van der Waals surface area contributed by atoms with E-state index in [-0.39, 0.29) is 0 Å². The van der Waals surface area contributed by atoms with Gasteiger partial charge in [-0.05, 0) is 42.3 Å². The second-order valence-corrected chi connectivity index (χ2v) is 8.30. The van der Waals surface area contributed by atoms with Gasteiger partial charge in [-0.15, -0.1) is 11.8 Å². The molecule has 156 valence electrons. The highest BCUT2D eigenvalue weighted by Crippen LogP contribution is 2.18. The molecule has 30 heavy (non-hydrogen) atoms. The Balaban J connectivity index is 1.25. The van der Waals surface area contributed by atoms with E-state index in [0.717, 1.165) is 29.6 Å². The summed E-state index contributed by atoms with van der Waals surface area (Å²) in [6.45, 7) is 1.26. The molecule has 7 heteroatoms. The van der Waals surface area contributed by atoms with Crippen LogP contribution in [0.1, 0.15) is 5.56 Å². The highest BCUT2D eigenvalue weighted by Gasteiger charge is 2.14. The van der Waals surface area contributed by atoms with Crippen molar-refractivity contribution in [2.24, 2.45) is 0 Å². The fourth-order valence-corrected chi connectivity index (χ4v) is 4.24. The molecule has 6 nitrogen and oxygen atoms in total. The molecule has 1 saturated heterocycles. The Morgan fingerprint density at radius 3 is 2.73 bits per heavy atom. The van der Waals surface area contributed by atoms with Gasteiger partial charge in [0.2, 0.25) is 5.95 Å². The largest absolute Gasteiger partial charge is 0.492 e. The van der Waals surface area contributed by atoms with Gasteiger partial charge in [-0.1, -0.05) is 30.3 Å². The summed E-state index contributed by atoms with van der Waals surface area (Å²) >= 11 is 1.96. The molecule has 1 fully saturated rings. The topological polar surface area (TPSA) is 62.3 Å². The molecule has 0 amide bonds. The van der Waals surface area contributed by atoms with Crippen molar-refractivity contribution in [2.75, 3.05) is 42.0 Å². The number of rotatable bonds is 9. The first-order valence-corrected chi connectivity index (χ1v) is 11.3. The van der Waals surface area contributed by atoms with E-state index in [9.17, 15) is 0 Å². The lowest BCUT2D eigenvalue weighted by molar-refractivity contribution is 0.325. The molecule has 0 radical (unpaired) electrons. The van der Waals surface area contributed by atoms with Gasteiger partial charge >= 0.3 is 0 Å². The van der Waals surface area contributed by atoms with E-state index in [4.69, 9.17) is 4.74 Å². The summed E-state index contributed by atoms with van der Waals surface area (Å²) < 4.78 is 5.92. The molecule has 2 aromatic carbocycles. The van der Waals surface area contributed by atoms with Gasteiger partial charge in [0, 0.05) is 36.6 Å². The summed E-state index contributed by atoms with van der Waals surface area (Å²) in [5.74, 6) is 4.58. The molecule has 0 spiro atoms. The molecule has 1 unspecified atom stereocenters. The van der Waals surface area contributed by atoms with E-state index >= 15 is 0 Å². The van der Waals surface area contributed by atoms with E-state index in [2.05, 4.69) is 44.9 Å². The minimum atomic E-state index is 0.566. The fourth-order valence-electron chi connectivity index (χ4n) is 3.25. The van der Waals surface area contributed by atoms with E-state index in [1.807, 2.05) is 60.1 Å². The van der Waals surface area contributed by atoms with Gasteiger partial charge in [-0.2, -0.15) is 4.98 Å². The van der Waals surface area contributed by atoms with Crippen LogP contribution in [0.15, 0.2) is 66.9 Å². The predicted molar refractivity (Wildman–Crippen MR) is 125 cm³/mol. The van der Waals surface area contributed by atoms with Crippen LogP contribution in [-0.4, -0.2) is 47.8 Å². The first-order valence-electron chi connectivity index (χ1n) is 10.2. The molecule has 3 aromatic rings. The molecular formula is C23H27N5OS. The van der Waals surface area contributed by atoms with Gasteiger partial charge in [-0.3, -0.25) is 0 Å². The van der Waals surface area contributed by atoms with E-state index in [0.29, 0.717) is 25.1 Å². The van der Waals surface area contributed by atoms with Crippen LogP contribution >= 0.6 is 11.8 Å². The van der Waals surface area contributed by atoms with Crippen molar-refractivity contribution in [1.82, 2.24) is 15.3 Å². The lowest BCUT2D eigenvalue weighted by Gasteiger charge is -2.18. The third-order valence-corrected chi connectivity index (χ3v) is 5.93. The smallest absolute Gasteiger partial charge is 0.227 e. The molecule has 1 aliphatic heterocycles. The fraction of sp³-hybridized carbons (Fsp3) is 0.304. The zero-order valence-electron chi connectivity index (χ0n) is 17.1. The van der Waals surface area contributed by atoms with Crippen LogP contribution in [0.3, 0.4) is 0 Å². The monoisotopic (exact) mass is 421 g/mol. The van der Waals surface area contributed by atoms with E-state index < -0.39 is 0 Å². The Morgan fingerprint density at radius 1 is 1.13 bits per heavy atom. The summed E-state index contributed by atoms with van der Waals surface area (Å²) in [5, 5.41) is 6.81. The van der Waals surface area contributed by atoms with E-state index in [1.165, 1.54) is 11.3 Å². The normalized spacial score (nSPS) is 15.7. The maximum absolute atomic E-state index is 5.92. The SMILES string of the molecule is CN(CCOc1ccc(CC2CSCN2)cc1)c1nccc(Nc2ccccc2)n1. The van der Waals surface area contributed by atoms with Crippen molar-refractivity contribution < 1.29 is 4.74 Å². The molecule has 4 rings (SSSR count). The quantitative estimate of drug-likeness (QED) is 0.543. The number of nitrogens with one attached hydrogen (secondary N) is 2. The van der Waals surface area contributed by atoms with Crippen molar-refractivity contribution in [3.05, 3.63) is 72.4 Å². The second-order valence-electron chi connectivity index (χ2n) is 7.27. The average Bonchev–Trinajstić information content (AvgIpc) is 3.29. The van der Waals surface area contributed by atoms with Crippen molar-refractivity contribution in [3.8, 4) is 5.75 Å². The van der Waals surface area contributed by atoms with Gasteiger partial charge in [0.05, 0.1) is 6.54 Å². The van der Waals surface area contributed by atoms with Crippen molar-refractivity contribution in [2.45, 2.75) is 12.5 Å². The number of anilines is 3. The molecule has 0 aliphatic carbocycles. The lowest BCUT2D eigenvalue weighted by atomic mass is 10.1. The zero-order valence-corrected chi connectivity index (χ0v) is 17.9. The van der Waals surface area contributed by atoms with Crippen molar-refractivity contribution >= 4 is 29.2 Å². The summed E-state index contributed by atoms with van der Waals surface area (Å²) in [5.41, 5.74) is 2.34.